The zero-order valence-electron chi connectivity index (χ0n) is 13.2. The zero-order chi connectivity index (χ0) is 16.2. The lowest BCUT2D eigenvalue weighted by Crippen LogP contribution is -2.29. The summed E-state index contributed by atoms with van der Waals surface area (Å²) in [6, 6.07) is 9.07. The first kappa shape index (κ1) is 15.1. The molecule has 0 bridgehead atoms. The third-order valence-corrected chi connectivity index (χ3v) is 3.71. The maximum atomic E-state index is 12.6. The summed E-state index contributed by atoms with van der Waals surface area (Å²) >= 11 is 0. The molecule has 0 aliphatic heterocycles. The van der Waals surface area contributed by atoms with Gasteiger partial charge in [-0.05, 0) is 31.5 Å². The van der Waals surface area contributed by atoms with Gasteiger partial charge in [-0.1, -0.05) is 19.1 Å². The monoisotopic (exact) mass is 309 g/mol. The first-order valence-electron chi connectivity index (χ1n) is 7.73. The topological polar surface area (TPSA) is 72.7 Å². The highest BCUT2D eigenvalue weighted by atomic mass is 16.1. The van der Waals surface area contributed by atoms with Gasteiger partial charge in [-0.2, -0.15) is 5.10 Å². The molecule has 6 nitrogen and oxygen atoms in total. The Hall–Kier alpha value is -2.76. The Balaban J connectivity index is 1.84. The van der Waals surface area contributed by atoms with Gasteiger partial charge in [-0.3, -0.25) is 9.78 Å². The number of hydrogen-bond donors (Lipinski definition) is 1. The summed E-state index contributed by atoms with van der Waals surface area (Å²) in [6.45, 7) is 4.78. The molecule has 1 N–H and O–H groups in total. The summed E-state index contributed by atoms with van der Waals surface area (Å²) in [5, 5.41) is 8.04. The minimum absolute atomic E-state index is 0.137. The highest BCUT2D eigenvalue weighted by Crippen LogP contribution is 2.18. The molecular formula is C17H19N5O. The van der Waals surface area contributed by atoms with Gasteiger partial charge in [0.05, 0.1) is 11.6 Å². The number of amides is 1. The van der Waals surface area contributed by atoms with Crippen molar-refractivity contribution in [2.45, 2.75) is 32.9 Å². The van der Waals surface area contributed by atoms with Crippen molar-refractivity contribution < 1.29 is 4.79 Å². The molecule has 118 valence electrons. The molecule has 0 spiro atoms. The third-order valence-electron chi connectivity index (χ3n) is 3.71. The van der Waals surface area contributed by atoms with E-state index < -0.39 is 0 Å². The van der Waals surface area contributed by atoms with Crippen molar-refractivity contribution in [1.29, 1.82) is 0 Å². The van der Waals surface area contributed by atoms with Crippen molar-refractivity contribution in [2.24, 2.45) is 0 Å². The lowest BCUT2D eigenvalue weighted by atomic mass is 10.1. The van der Waals surface area contributed by atoms with E-state index in [0.717, 1.165) is 29.7 Å². The first-order valence-corrected chi connectivity index (χ1v) is 7.73. The average molecular weight is 309 g/mol. The van der Waals surface area contributed by atoms with Crippen molar-refractivity contribution in [3.63, 3.8) is 0 Å². The molecule has 0 fully saturated rings. The summed E-state index contributed by atoms with van der Waals surface area (Å²) in [5.41, 5.74) is 1.42. The van der Waals surface area contributed by atoms with Gasteiger partial charge in [0, 0.05) is 23.7 Å². The average Bonchev–Trinajstić information content (AvgIpc) is 3.03. The van der Waals surface area contributed by atoms with Crippen LogP contribution in [-0.2, 0) is 6.54 Å². The third kappa shape index (κ3) is 3.06. The molecule has 0 saturated heterocycles. The molecule has 2 aromatic heterocycles. The number of nitrogens with zero attached hydrogens (tertiary/aromatic N) is 4. The normalized spacial score (nSPS) is 12.3. The van der Waals surface area contributed by atoms with E-state index in [1.165, 1.54) is 6.33 Å². The Bertz CT molecular complexity index is 821. The van der Waals surface area contributed by atoms with Gasteiger partial charge in [0.25, 0.3) is 5.91 Å². The number of aryl methyl sites for hydroxylation is 1. The lowest BCUT2D eigenvalue weighted by Gasteiger charge is -2.15. The number of pyridine rings is 1. The van der Waals surface area contributed by atoms with Gasteiger partial charge in [-0.25, -0.2) is 9.67 Å². The maximum Gasteiger partial charge on any atom is 0.252 e. The fraction of sp³-hybridized carbons (Fsp3) is 0.294. The van der Waals surface area contributed by atoms with E-state index in [2.05, 4.69) is 27.3 Å². The van der Waals surface area contributed by atoms with E-state index in [4.69, 9.17) is 0 Å². The molecule has 6 heteroatoms. The largest absolute Gasteiger partial charge is 0.342 e. The van der Waals surface area contributed by atoms with Crippen molar-refractivity contribution in [3.05, 3.63) is 54.2 Å². The molecule has 23 heavy (non-hydrogen) atoms. The predicted molar refractivity (Wildman–Crippen MR) is 87.9 cm³/mol. The van der Waals surface area contributed by atoms with E-state index in [0.29, 0.717) is 5.56 Å². The van der Waals surface area contributed by atoms with Gasteiger partial charge in [0.15, 0.2) is 0 Å². The van der Waals surface area contributed by atoms with Crippen molar-refractivity contribution in [2.75, 3.05) is 0 Å². The van der Waals surface area contributed by atoms with Crippen molar-refractivity contribution in [3.8, 4) is 0 Å². The summed E-state index contributed by atoms with van der Waals surface area (Å²) < 4.78 is 1.83. The minimum Gasteiger partial charge on any atom is -0.342 e. The van der Waals surface area contributed by atoms with E-state index in [-0.39, 0.29) is 11.9 Å². The molecule has 1 unspecified atom stereocenters. The smallest absolute Gasteiger partial charge is 0.252 e. The second-order valence-corrected chi connectivity index (χ2v) is 5.41. The highest BCUT2D eigenvalue weighted by molar-refractivity contribution is 6.06. The maximum absolute atomic E-state index is 12.6. The Kier molecular flexibility index (Phi) is 4.32. The Labute approximate surface area is 134 Å². The summed E-state index contributed by atoms with van der Waals surface area (Å²) in [7, 11) is 0. The standard InChI is InChI=1S/C17H19N5O/c1-3-10-22-16(19-11-20-22)12(2)21-17(23)14-6-4-8-15-13(14)7-5-9-18-15/h4-9,11-12H,3,10H2,1-2H3,(H,21,23). The fourth-order valence-corrected chi connectivity index (χ4v) is 2.63. The quantitative estimate of drug-likeness (QED) is 0.786. The van der Waals surface area contributed by atoms with Crippen LogP contribution in [0.4, 0.5) is 0 Å². The molecule has 0 radical (unpaired) electrons. The number of nitrogens with one attached hydrogen (secondary N) is 1. The Morgan fingerprint density at radius 1 is 1.26 bits per heavy atom. The van der Waals surface area contributed by atoms with Crippen LogP contribution in [0.2, 0.25) is 0 Å². The van der Waals surface area contributed by atoms with E-state index >= 15 is 0 Å². The van der Waals surface area contributed by atoms with Crippen LogP contribution in [0, 0.1) is 0 Å². The van der Waals surface area contributed by atoms with Gasteiger partial charge >= 0.3 is 0 Å². The minimum atomic E-state index is -0.219. The van der Waals surface area contributed by atoms with Crippen LogP contribution in [0.5, 0.6) is 0 Å². The van der Waals surface area contributed by atoms with Crippen LogP contribution in [0.1, 0.15) is 42.5 Å². The van der Waals surface area contributed by atoms with Crippen LogP contribution in [0.3, 0.4) is 0 Å². The fourth-order valence-electron chi connectivity index (χ4n) is 2.63. The molecule has 1 atom stereocenters. The number of aromatic nitrogens is 4. The summed E-state index contributed by atoms with van der Waals surface area (Å²) in [6.07, 6.45) is 4.21. The number of benzene rings is 1. The van der Waals surface area contributed by atoms with E-state index in [1.54, 1.807) is 6.20 Å². The van der Waals surface area contributed by atoms with E-state index in [9.17, 15) is 4.79 Å². The summed E-state index contributed by atoms with van der Waals surface area (Å²) in [4.78, 5) is 21.2. The number of fused-ring (bicyclic) bond motifs is 1. The first-order chi connectivity index (χ1) is 11.2. The molecule has 0 aliphatic rings. The van der Waals surface area contributed by atoms with Gasteiger partial charge in [0.2, 0.25) is 0 Å². The number of hydrogen-bond acceptors (Lipinski definition) is 4. The van der Waals surface area contributed by atoms with Crippen LogP contribution in [0.25, 0.3) is 10.9 Å². The molecule has 3 aromatic rings. The lowest BCUT2D eigenvalue weighted by molar-refractivity contribution is 0.0939. The molecule has 2 heterocycles. The zero-order valence-corrected chi connectivity index (χ0v) is 13.2. The van der Waals surface area contributed by atoms with Gasteiger partial charge < -0.3 is 5.32 Å². The molecular weight excluding hydrogens is 290 g/mol. The molecule has 1 aromatic carbocycles. The second kappa shape index (κ2) is 6.56. The number of carbonyl (C=O) groups excluding carboxylic acids is 1. The van der Waals surface area contributed by atoms with Crippen LogP contribution in [-0.4, -0.2) is 25.7 Å². The molecule has 0 saturated carbocycles. The number of carbonyl (C=O) groups is 1. The van der Waals surface area contributed by atoms with Gasteiger partial charge in [-0.15, -0.1) is 0 Å². The molecule has 0 aliphatic carbocycles. The molecule has 3 rings (SSSR count). The van der Waals surface area contributed by atoms with Crippen LogP contribution in [0.15, 0.2) is 42.9 Å². The van der Waals surface area contributed by atoms with Crippen molar-refractivity contribution in [1.82, 2.24) is 25.1 Å². The predicted octanol–water partition coefficient (Wildman–Crippen LogP) is 2.73. The highest BCUT2D eigenvalue weighted by Gasteiger charge is 2.17. The van der Waals surface area contributed by atoms with E-state index in [1.807, 2.05) is 41.9 Å². The van der Waals surface area contributed by atoms with Crippen molar-refractivity contribution >= 4 is 16.8 Å². The van der Waals surface area contributed by atoms with Crippen LogP contribution >= 0.6 is 0 Å². The second-order valence-electron chi connectivity index (χ2n) is 5.41. The SMILES string of the molecule is CCCn1ncnc1C(C)NC(=O)c1cccc2ncccc12. The summed E-state index contributed by atoms with van der Waals surface area (Å²) in [5.74, 6) is 0.626. The Morgan fingerprint density at radius 3 is 2.96 bits per heavy atom. The van der Waals surface area contributed by atoms with Crippen LogP contribution < -0.4 is 5.32 Å². The van der Waals surface area contributed by atoms with Gasteiger partial charge in [0.1, 0.15) is 12.2 Å². The number of rotatable bonds is 5. The Morgan fingerprint density at radius 2 is 2.13 bits per heavy atom. The molecule has 1 amide bonds.